The summed E-state index contributed by atoms with van der Waals surface area (Å²) in [4.78, 5) is 27.8. The highest BCUT2D eigenvalue weighted by Crippen LogP contribution is 2.34. The lowest BCUT2D eigenvalue weighted by atomic mass is 9.99. The fourth-order valence-corrected chi connectivity index (χ4v) is 6.61. The second-order valence-corrected chi connectivity index (χ2v) is 13.6. The van der Waals surface area contributed by atoms with Crippen LogP contribution in [-0.2, 0) is 33.7 Å². The number of nitrogens with two attached hydrogens (primary N) is 2. The molecule has 15 nitrogen and oxygen atoms in total. The van der Waals surface area contributed by atoms with E-state index in [1.807, 2.05) is 6.92 Å². The van der Waals surface area contributed by atoms with Crippen LogP contribution in [0.4, 0.5) is 10.5 Å². The molecular weight excluding hydrogens is 634 g/mol. The number of nitrogen functional groups attached to an aromatic ring is 1. The minimum Gasteiger partial charge on any atom is -0.493 e. The van der Waals surface area contributed by atoms with Crippen LogP contribution >= 0.6 is 0 Å². The molecule has 0 bridgehead atoms. The first-order chi connectivity index (χ1) is 22.5. The van der Waals surface area contributed by atoms with E-state index in [1.165, 1.54) is 17.4 Å². The van der Waals surface area contributed by atoms with Crippen LogP contribution in [0, 0.1) is 5.92 Å². The molecule has 47 heavy (non-hydrogen) atoms. The second-order valence-electron chi connectivity index (χ2n) is 11.6. The van der Waals surface area contributed by atoms with Crippen molar-refractivity contribution < 1.29 is 46.4 Å². The summed E-state index contributed by atoms with van der Waals surface area (Å²) in [7, 11) is -2.43. The average Bonchev–Trinajstić information content (AvgIpc) is 3.06. The van der Waals surface area contributed by atoms with Gasteiger partial charge in [0.15, 0.2) is 5.75 Å². The molecule has 2 aliphatic heterocycles. The van der Waals surface area contributed by atoms with Gasteiger partial charge in [-0.1, -0.05) is 19.1 Å². The van der Waals surface area contributed by atoms with Gasteiger partial charge in [0.25, 0.3) is 5.91 Å². The van der Waals surface area contributed by atoms with Crippen molar-refractivity contribution >= 4 is 27.7 Å². The Hall–Kier alpha value is -3.41. The van der Waals surface area contributed by atoms with Gasteiger partial charge in [0.1, 0.15) is 31.2 Å². The van der Waals surface area contributed by atoms with Crippen molar-refractivity contribution in [3.8, 4) is 5.75 Å². The van der Waals surface area contributed by atoms with E-state index in [0.29, 0.717) is 51.8 Å². The summed E-state index contributed by atoms with van der Waals surface area (Å²) in [6.45, 7) is 6.78. The summed E-state index contributed by atoms with van der Waals surface area (Å²) in [6, 6.07) is 4.36. The highest BCUT2D eigenvalue weighted by atomic mass is 32.2. The van der Waals surface area contributed by atoms with Crippen LogP contribution in [-0.4, -0.2) is 127 Å². The number of carbonyl (C=O) groups is 2. The number of nitrogens with one attached hydrogen (secondary N) is 1. The molecule has 2 amide bonds. The number of nitrogens with zero attached hydrogens (tertiary/aromatic N) is 2. The summed E-state index contributed by atoms with van der Waals surface area (Å²) in [5, 5.41) is 2.62. The Labute approximate surface area is 276 Å². The molecule has 5 N–H and O–H groups in total. The van der Waals surface area contributed by atoms with E-state index in [4.69, 9.17) is 39.9 Å². The van der Waals surface area contributed by atoms with E-state index in [1.54, 1.807) is 36.1 Å². The average molecular weight is 682 g/mol. The Morgan fingerprint density at radius 1 is 1.19 bits per heavy atom. The Morgan fingerprint density at radius 3 is 2.72 bits per heavy atom. The van der Waals surface area contributed by atoms with Crippen LogP contribution in [0.2, 0.25) is 0 Å². The molecule has 4 unspecified atom stereocenters. The van der Waals surface area contributed by atoms with Gasteiger partial charge in [-0.2, -0.15) is 4.31 Å². The first kappa shape index (κ1) is 36.4. The van der Waals surface area contributed by atoms with Crippen molar-refractivity contribution in [2.45, 2.75) is 38.5 Å². The smallest absolute Gasteiger partial charge is 0.407 e. The van der Waals surface area contributed by atoms with E-state index in [2.05, 4.69) is 5.32 Å². The molecule has 0 radical (unpaired) electrons. The van der Waals surface area contributed by atoms with Gasteiger partial charge in [0.2, 0.25) is 10.0 Å². The third-order valence-electron chi connectivity index (χ3n) is 8.01. The SMILES string of the molecule is CC1CN(C(C)COC(=O)NCCOCCOCCN)C(=O)c2cccc(N)c2OC1CN(C)S(=O)(=O)C1=CCC2OCCOC2=C1. The Balaban J connectivity index is 1.40. The fourth-order valence-electron chi connectivity index (χ4n) is 5.33. The first-order valence-electron chi connectivity index (χ1n) is 15.8. The number of allylic oxidation sites excluding steroid dienone is 1. The third kappa shape index (κ3) is 9.58. The lowest BCUT2D eigenvalue weighted by molar-refractivity contribution is -0.0415. The van der Waals surface area contributed by atoms with Crippen LogP contribution in [0.15, 0.2) is 41.0 Å². The van der Waals surface area contributed by atoms with Crippen LogP contribution in [0.1, 0.15) is 30.6 Å². The van der Waals surface area contributed by atoms with Crippen molar-refractivity contribution in [1.29, 1.82) is 0 Å². The first-order valence-corrected chi connectivity index (χ1v) is 17.2. The normalized spacial score (nSPS) is 22.0. The molecule has 1 aromatic rings. The van der Waals surface area contributed by atoms with Gasteiger partial charge in [0.05, 0.1) is 61.8 Å². The summed E-state index contributed by atoms with van der Waals surface area (Å²) in [6.07, 6.45) is 1.93. The van der Waals surface area contributed by atoms with E-state index in [-0.39, 0.29) is 72.7 Å². The molecule has 1 fully saturated rings. The van der Waals surface area contributed by atoms with Crippen molar-refractivity contribution in [1.82, 2.24) is 14.5 Å². The van der Waals surface area contributed by atoms with Crippen LogP contribution < -0.4 is 21.5 Å². The quantitative estimate of drug-likeness (QED) is 0.176. The van der Waals surface area contributed by atoms with Gasteiger partial charge in [-0.25, -0.2) is 13.2 Å². The number of para-hydroxylation sites is 1. The molecule has 1 aliphatic carbocycles. The monoisotopic (exact) mass is 681 g/mol. The predicted octanol–water partition coefficient (Wildman–Crippen LogP) is 1.06. The number of alkyl carbamates (subject to hydrolysis) is 1. The van der Waals surface area contributed by atoms with Gasteiger partial charge in [0, 0.05) is 39.0 Å². The van der Waals surface area contributed by atoms with E-state index >= 15 is 0 Å². The number of amides is 2. The lowest BCUT2D eigenvalue weighted by Crippen LogP contribution is -2.51. The van der Waals surface area contributed by atoms with Gasteiger partial charge in [-0.15, -0.1) is 0 Å². The number of carbonyl (C=O) groups excluding carboxylic acids is 2. The molecule has 1 aromatic carbocycles. The molecule has 262 valence electrons. The number of likely N-dealkylation sites (N-methyl/N-ethyl adjacent to an activating group) is 1. The number of hydrogen-bond acceptors (Lipinski definition) is 12. The molecule has 16 heteroatoms. The molecule has 1 saturated heterocycles. The summed E-state index contributed by atoms with van der Waals surface area (Å²) >= 11 is 0. The molecular formula is C31H47N5O10S. The minimum atomic E-state index is -3.91. The molecule has 3 aliphatic rings. The Kier molecular flexibility index (Phi) is 13.3. The Morgan fingerprint density at radius 2 is 1.96 bits per heavy atom. The molecule has 0 saturated carbocycles. The molecule has 4 rings (SSSR count). The molecule has 0 spiro atoms. The lowest BCUT2D eigenvalue weighted by Gasteiger charge is -2.38. The van der Waals surface area contributed by atoms with Crippen molar-refractivity contribution in [3.05, 3.63) is 46.6 Å². The number of ether oxygens (including phenoxy) is 6. The largest absolute Gasteiger partial charge is 0.493 e. The maximum absolute atomic E-state index is 13.8. The number of benzene rings is 1. The summed E-state index contributed by atoms with van der Waals surface area (Å²) < 4.78 is 62.2. The van der Waals surface area contributed by atoms with Crippen molar-refractivity contribution in [2.75, 3.05) is 85.2 Å². The molecule has 4 atom stereocenters. The fraction of sp³-hybridized carbons (Fsp3) is 0.613. The van der Waals surface area contributed by atoms with Gasteiger partial charge >= 0.3 is 6.09 Å². The summed E-state index contributed by atoms with van der Waals surface area (Å²) in [5.41, 5.74) is 12.1. The highest BCUT2D eigenvalue weighted by Gasteiger charge is 2.37. The highest BCUT2D eigenvalue weighted by molar-refractivity contribution is 7.93. The zero-order valence-corrected chi connectivity index (χ0v) is 28.0. The van der Waals surface area contributed by atoms with Gasteiger partial charge in [-0.3, -0.25) is 4.79 Å². The molecule has 0 aromatic heterocycles. The minimum absolute atomic E-state index is 0.0187. The molecule has 2 heterocycles. The Bertz CT molecular complexity index is 1400. The van der Waals surface area contributed by atoms with Gasteiger partial charge < -0.3 is 50.1 Å². The van der Waals surface area contributed by atoms with Crippen LogP contribution in [0.5, 0.6) is 5.75 Å². The van der Waals surface area contributed by atoms with E-state index < -0.39 is 28.3 Å². The van der Waals surface area contributed by atoms with Crippen molar-refractivity contribution in [3.63, 3.8) is 0 Å². The second kappa shape index (κ2) is 17.1. The number of hydrogen-bond donors (Lipinski definition) is 3. The zero-order valence-electron chi connectivity index (χ0n) is 27.2. The number of fused-ring (bicyclic) bond motifs is 2. The topological polar surface area (TPSA) is 194 Å². The van der Waals surface area contributed by atoms with Crippen molar-refractivity contribution in [2.24, 2.45) is 11.7 Å². The maximum atomic E-state index is 13.8. The number of sulfonamides is 1. The standard InChI is InChI=1S/C31H47N5O10S/c1-21-18-36(22(2)20-45-31(38)34-10-12-42-14-13-41-11-9-32)30(37)24-5-4-6-25(33)29(24)46-28(21)19-35(3)47(39,40)23-7-8-26-27(17-23)44-16-15-43-26/h4-7,17,21-22,26,28H,8-16,18-20,32-33H2,1-3H3,(H,34,38). The van der Waals surface area contributed by atoms with Crippen LogP contribution in [0.25, 0.3) is 0 Å². The van der Waals surface area contributed by atoms with Gasteiger partial charge in [-0.05, 0) is 25.1 Å². The third-order valence-corrected chi connectivity index (χ3v) is 9.86. The summed E-state index contributed by atoms with van der Waals surface area (Å²) in [5.74, 6) is -0.00777. The number of rotatable bonds is 15. The maximum Gasteiger partial charge on any atom is 0.407 e. The number of anilines is 1. The van der Waals surface area contributed by atoms with E-state index in [9.17, 15) is 18.0 Å². The predicted molar refractivity (Wildman–Crippen MR) is 173 cm³/mol. The van der Waals surface area contributed by atoms with E-state index in [0.717, 1.165) is 0 Å². The van der Waals surface area contributed by atoms with Crippen LogP contribution in [0.3, 0.4) is 0 Å². The zero-order chi connectivity index (χ0) is 34.0.